The van der Waals surface area contributed by atoms with Crippen molar-refractivity contribution in [2.45, 2.75) is 37.8 Å². The minimum absolute atomic E-state index is 0. The van der Waals surface area contributed by atoms with Gasteiger partial charge in [-0.3, -0.25) is 4.79 Å². The van der Waals surface area contributed by atoms with E-state index in [2.05, 4.69) is 66.6 Å². The molecule has 3 aromatic carbocycles. The lowest BCUT2D eigenvalue weighted by molar-refractivity contribution is -0.912. The van der Waals surface area contributed by atoms with Gasteiger partial charge in [0.05, 0.1) is 13.1 Å². The Morgan fingerprint density at radius 2 is 1.52 bits per heavy atom. The Bertz CT molecular complexity index is 1100. The summed E-state index contributed by atoms with van der Waals surface area (Å²) in [6.07, 6.45) is 6.71. The molecule has 4 heteroatoms. The Morgan fingerprint density at radius 1 is 0.879 bits per heavy atom. The highest BCUT2D eigenvalue weighted by Crippen LogP contribution is 2.27. The highest BCUT2D eigenvalue weighted by molar-refractivity contribution is 5.96. The van der Waals surface area contributed by atoms with Crippen LogP contribution in [0.3, 0.4) is 0 Å². The summed E-state index contributed by atoms with van der Waals surface area (Å²) in [5, 5.41) is 0. The van der Waals surface area contributed by atoms with Gasteiger partial charge in [0.2, 0.25) is 0 Å². The van der Waals surface area contributed by atoms with E-state index in [0.717, 1.165) is 24.0 Å². The van der Waals surface area contributed by atoms with Crippen LogP contribution < -0.4 is 17.3 Å². The largest absolute Gasteiger partial charge is 1.00 e. The summed E-state index contributed by atoms with van der Waals surface area (Å²) in [6.45, 7) is 0.716. The van der Waals surface area contributed by atoms with E-state index in [1.165, 1.54) is 29.7 Å². The molecule has 5 rings (SSSR count). The molecule has 3 nitrogen and oxygen atoms in total. The van der Waals surface area contributed by atoms with Crippen molar-refractivity contribution in [3.63, 3.8) is 0 Å². The van der Waals surface area contributed by atoms with Crippen molar-refractivity contribution in [2.24, 2.45) is 0 Å². The van der Waals surface area contributed by atoms with Crippen LogP contribution in [0.2, 0.25) is 0 Å². The summed E-state index contributed by atoms with van der Waals surface area (Å²) in [5.74, 6) is 0.116. The molecule has 2 aliphatic rings. The van der Waals surface area contributed by atoms with Gasteiger partial charge in [-0.15, -0.1) is 0 Å². The zero-order valence-corrected chi connectivity index (χ0v) is 19.8. The van der Waals surface area contributed by atoms with Crippen LogP contribution in [0.15, 0.2) is 96.7 Å². The van der Waals surface area contributed by atoms with E-state index >= 15 is 0 Å². The number of hydrogen-bond acceptors (Lipinski definition) is 1. The van der Waals surface area contributed by atoms with Crippen molar-refractivity contribution in [2.75, 3.05) is 13.6 Å². The number of amides is 1. The fraction of sp³-hybridized carbons (Fsp3) is 0.276. The van der Waals surface area contributed by atoms with Crippen molar-refractivity contribution in [1.29, 1.82) is 0 Å². The molecule has 3 atom stereocenters. The molecular weight excluding hydrogens is 428 g/mol. The number of carbonyl (C=O) groups excluding carboxylic acids is 1. The molecule has 3 unspecified atom stereocenters. The molecule has 3 aromatic rings. The molecular formula is C29H31ClN2O. The smallest absolute Gasteiger partial charge is 0.258 e. The maximum absolute atomic E-state index is 13.7. The second-order valence-corrected chi connectivity index (χ2v) is 9.12. The van der Waals surface area contributed by atoms with Crippen LogP contribution in [-0.2, 0) is 6.42 Å². The van der Waals surface area contributed by atoms with E-state index in [1.807, 2.05) is 36.4 Å². The van der Waals surface area contributed by atoms with Crippen LogP contribution in [-0.4, -0.2) is 36.5 Å². The van der Waals surface area contributed by atoms with Crippen molar-refractivity contribution >= 4 is 5.91 Å². The molecule has 0 aromatic heterocycles. The molecule has 1 saturated heterocycles. The number of halogens is 1. The molecule has 170 valence electrons. The predicted molar refractivity (Wildman–Crippen MR) is 129 cm³/mol. The fourth-order valence-electron chi connectivity index (χ4n) is 5.22. The number of nitrogens with one attached hydrogen (secondary N) is 1. The maximum Gasteiger partial charge on any atom is 0.258 e. The molecule has 1 amide bonds. The Labute approximate surface area is 203 Å². The van der Waals surface area contributed by atoms with Gasteiger partial charge in [-0.25, -0.2) is 0 Å². The number of rotatable bonds is 6. The lowest BCUT2D eigenvalue weighted by Gasteiger charge is -2.33. The average Bonchev–Trinajstić information content (AvgIpc) is 3.05. The van der Waals surface area contributed by atoms with Crippen molar-refractivity contribution in [3.8, 4) is 11.1 Å². The Balaban J connectivity index is 0.00000259. The molecule has 0 aliphatic carbocycles. The zero-order chi connectivity index (χ0) is 21.9. The summed E-state index contributed by atoms with van der Waals surface area (Å²) in [4.78, 5) is 17.4. The molecule has 1 fully saturated rings. The normalized spacial score (nSPS) is 21.1. The molecule has 2 heterocycles. The number of hydrogen-bond donors (Lipinski definition) is 1. The quantitative estimate of drug-likeness (QED) is 0.593. The first kappa shape index (κ1) is 23.3. The number of quaternary nitrogens is 1. The molecule has 1 N–H and O–H groups in total. The average molecular weight is 459 g/mol. The molecule has 2 bridgehead atoms. The number of fused-ring (bicyclic) bond motifs is 2. The second-order valence-electron chi connectivity index (χ2n) is 9.12. The van der Waals surface area contributed by atoms with Crippen molar-refractivity contribution in [1.82, 2.24) is 4.90 Å². The van der Waals surface area contributed by atoms with Crippen LogP contribution in [0.25, 0.3) is 11.1 Å². The van der Waals surface area contributed by atoms with Gasteiger partial charge in [0.15, 0.2) is 0 Å². The highest BCUT2D eigenvalue weighted by atomic mass is 35.5. The summed E-state index contributed by atoms with van der Waals surface area (Å²) in [7, 11) is 2.30. The Hall–Kier alpha value is -2.88. The zero-order valence-electron chi connectivity index (χ0n) is 19.1. The number of nitrogens with zero attached hydrogens (tertiary/aromatic N) is 1. The van der Waals surface area contributed by atoms with Crippen LogP contribution in [0.4, 0.5) is 0 Å². The van der Waals surface area contributed by atoms with Crippen LogP contribution >= 0.6 is 0 Å². The van der Waals surface area contributed by atoms with E-state index in [-0.39, 0.29) is 18.3 Å². The number of benzene rings is 3. The van der Waals surface area contributed by atoms with Gasteiger partial charge in [-0.05, 0) is 41.3 Å². The van der Waals surface area contributed by atoms with Crippen molar-refractivity contribution < 1.29 is 22.1 Å². The van der Waals surface area contributed by atoms with Gasteiger partial charge < -0.3 is 22.2 Å². The standard InChI is InChI=1S/C29H30N2O.ClH/c1-30-26-16-17-27(30)21-28(20-26)31(19-18-22-8-4-2-5-9-22)29(32)25-14-12-24(13-15-25)23-10-6-3-7-11-23;/h2-15,20,26-27H,16-19,21H2,1H3;1H. The third kappa shape index (κ3) is 5.05. The summed E-state index contributed by atoms with van der Waals surface area (Å²) in [6, 6.07) is 30.1. The van der Waals surface area contributed by atoms with E-state index in [9.17, 15) is 4.79 Å². The lowest BCUT2D eigenvalue weighted by atomic mass is 10.0. The third-order valence-electron chi connectivity index (χ3n) is 7.20. The Morgan fingerprint density at radius 3 is 2.18 bits per heavy atom. The van der Waals surface area contributed by atoms with Gasteiger partial charge in [0.25, 0.3) is 5.91 Å². The first-order valence-electron chi connectivity index (χ1n) is 11.7. The topological polar surface area (TPSA) is 24.8 Å². The molecule has 2 aliphatic heterocycles. The van der Waals surface area contributed by atoms with Crippen molar-refractivity contribution in [3.05, 3.63) is 108 Å². The minimum Gasteiger partial charge on any atom is -1.00 e. The summed E-state index contributed by atoms with van der Waals surface area (Å²) >= 11 is 0. The van der Waals surface area contributed by atoms with Gasteiger partial charge in [0, 0.05) is 37.1 Å². The maximum atomic E-state index is 13.7. The van der Waals surface area contributed by atoms with Crippen LogP contribution in [0.1, 0.15) is 35.2 Å². The van der Waals surface area contributed by atoms with Gasteiger partial charge in [-0.2, -0.15) is 0 Å². The summed E-state index contributed by atoms with van der Waals surface area (Å²) in [5.41, 5.74) is 5.56. The summed E-state index contributed by atoms with van der Waals surface area (Å²) < 4.78 is 0. The third-order valence-corrected chi connectivity index (χ3v) is 7.20. The van der Waals surface area contributed by atoms with Gasteiger partial charge in [0.1, 0.15) is 6.04 Å². The first-order chi connectivity index (χ1) is 15.7. The number of carbonyl (C=O) groups is 1. The monoisotopic (exact) mass is 458 g/mol. The van der Waals surface area contributed by atoms with E-state index in [1.54, 1.807) is 4.90 Å². The van der Waals surface area contributed by atoms with Crippen LogP contribution in [0, 0.1) is 0 Å². The van der Waals surface area contributed by atoms with Gasteiger partial charge >= 0.3 is 0 Å². The highest BCUT2D eigenvalue weighted by Gasteiger charge is 2.40. The predicted octanol–water partition coefficient (Wildman–Crippen LogP) is 1.38. The van der Waals surface area contributed by atoms with E-state index in [0.29, 0.717) is 18.6 Å². The molecule has 0 spiro atoms. The van der Waals surface area contributed by atoms with E-state index < -0.39 is 0 Å². The second kappa shape index (κ2) is 10.4. The van der Waals surface area contributed by atoms with Gasteiger partial charge in [-0.1, -0.05) is 72.8 Å². The lowest BCUT2D eigenvalue weighted by Crippen LogP contribution is -3.14. The molecule has 33 heavy (non-hydrogen) atoms. The Kier molecular flexibility index (Phi) is 7.32. The minimum atomic E-state index is 0. The SMILES string of the molecule is C[NH+]1C2C=C(N(CCc3ccccc3)C(=O)c3ccc(-c4ccccc4)cc3)CC1CC2.[Cl-]. The fourth-order valence-corrected chi connectivity index (χ4v) is 5.22. The first-order valence-corrected chi connectivity index (χ1v) is 11.7. The van der Waals surface area contributed by atoms with E-state index in [4.69, 9.17) is 0 Å². The number of likely N-dealkylation sites (N-methyl/N-ethyl adjacent to an activating group) is 1. The molecule has 0 radical (unpaired) electrons. The van der Waals surface area contributed by atoms with Crippen LogP contribution in [0.5, 0.6) is 0 Å². The molecule has 0 saturated carbocycles.